The summed E-state index contributed by atoms with van der Waals surface area (Å²) in [4.78, 5) is 28.8. The molecule has 154 valence electrons. The van der Waals surface area contributed by atoms with Crippen molar-refractivity contribution in [3.63, 3.8) is 0 Å². The van der Waals surface area contributed by atoms with E-state index < -0.39 is 6.04 Å². The van der Waals surface area contributed by atoms with Crippen molar-refractivity contribution in [1.82, 2.24) is 9.80 Å². The van der Waals surface area contributed by atoms with Gasteiger partial charge in [-0.2, -0.15) is 0 Å². The Kier molecular flexibility index (Phi) is 6.95. The van der Waals surface area contributed by atoms with Crippen molar-refractivity contribution >= 4 is 29.3 Å². The molecule has 1 aliphatic rings. The number of esters is 1. The minimum atomic E-state index is -0.557. The van der Waals surface area contributed by atoms with Crippen molar-refractivity contribution in [1.29, 1.82) is 0 Å². The number of carbonyl (C=O) groups is 2. The van der Waals surface area contributed by atoms with Gasteiger partial charge in [0.1, 0.15) is 11.8 Å². The minimum Gasteiger partial charge on any atom is -0.495 e. The van der Waals surface area contributed by atoms with Crippen LogP contribution in [0, 0.1) is 0 Å². The smallest absolute Gasteiger partial charge is 0.327 e. The monoisotopic (exact) mass is 417 g/mol. The number of para-hydroxylation sites is 2. The zero-order chi connectivity index (χ0) is 20.8. The third-order valence-corrected chi connectivity index (χ3v) is 5.14. The Balaban J connectivity index is 1.66. The topological polar surface area (TPSA) is 71.1 Å². The molecule has 0 aliphatic carbocycles. The van der Waals surface area contributed by atoms with Crippen molar-refractivity contribution < 1.29 is 19.1 Å². The first-order valence-corrected chi connectivity index (χ1v) is 9.67. The van der Waals surface area contributed by atoms with E-state index in [2.05, 4.69) is 5.32 Å². The van der Waals surface area contributed by atoms with Crippen LogP contribution < -0.4 is 10.1 Å². The fraction of sp³-hybridized carbons (Fsp3) is 0.333. The number of ether oxygens (including phenoxy) is 2. The van der Waals surface area contributed by atoms with Crippen LogP contribution in [-0.2, 0) is 9.53 Å². The number of piperazine rings is 1. The van der Waals surface area contributed by atoms with Gasteiger partial charge in [-0.1, -0.05) is 35.9 Å². The highest BCUT2D eigenvalue weighted by molar-refractivity contribution is 6.30. The number of methoxy groups -OCH3 is 2. The lowest BCUT2D eigenvalue weighted by Gasteiger charge is -2.38. The molecule has 2 aromatic carbocycles. The molecular weight excluding hydrogens is 394 g/mol. The van der Waals surface area contributed by atoms with Gasteiger partial charge in [-0.25, -0.2) is 9.59 Å². The lowest BCUT2D eigenvalue weighted by atomic mass is 10.0. The Morgan fingerprint density at radius 1 is 1.03 bits per heavy atom. The third kappa shape index (κ3) is 4.99. The van der Waals surface area contributed by atoms with E-state index in [-0.39, 0.29) is 12.0 Å². The van der Waals surface area contributed by atoms with E-state index in [0.717, 1.165) is 5.56 Å². The van der Waals surface area contributed by atoms with E-state index in [9.17, 15) is 9.59 Å². The molecule has 1 atom stereocenters. The summed E-state index contributed by atoms with van der Waals surface area (Å²) in [6, 6.07) is 13.7. The Hall–Kier alpha value is -2.77. The first-order chi connectivity index (χ1) is 14.0. The van der Waals surface area contributed by atoms with E-state index in [4.69, 9.17) is 21.1 Å². The van der Waals surface area contributed by atoms with Crippen LogP contribution in [0.5, 0.6) is 5.75 Å². The summed E-state index contributed by atoms with van der Waals surface area (Å²) >= 11 is 6.10. The molecule has 0 spiro atoms. The van der Waals surface area contributed by atoms with Gasteiger partial charge in [-0.05, 0) is 29.8 Å². The predicted octanol–water partition coefficient (Wildman–Crippen LogP) is 3.41. The summed E-state index contributed by atoms with van der Waals surface area (Å²) < 4.78 is 10.3. The van der Waals surface area contributed by atoms with Crippen LogP contribution in [0.4, 0.5) is 10.5 Å². The zero-order valence-electron chi connectivity index (χ0n) is 16.4. The van der Waals surface area contributed by atoms with E-state index in [0.29, 0.717) is 42.6 Å². The molecule has 2 aromatic rings. The molecule has 29 heavy (non-hydrogen) atoms. The molecule has 3 rings (SSSR count). The maximum Gasteiger partial charge on any atom is 0.327 e. The Labute approximate surface area is 175 Å². The highest BCUT2D eigenvalue weighted by atomic mass is 35.5. The van der Waals surface area contributed by atoms with Crippen molar-refractivity contribution in [2.24, 2.45) is 0 Å². The van der Waals surface area contributed by atoms with Gasteiger partial charge >= 0.3 is 12.0 Å². The van der Waals surface area contributed by atoms with Crippen molar-refractivity contribution in [2.45, 2.75) is 6.04 Å². The van der Waals surface area contributed by atoms with Crippen LogP contribution in [0.2, 0.25) is 5.02 Å². The number of rotatable bonds is 5. The van der Waals surface area contributed by atoms with Gasteiger partial charge in [0.15, 0.2) is 0 Å². The molecule has 8 heteroatoms. The number of urea groups is 1. The second-order valence-corrected chi connectivity index (χ2v) is 7.07. The number of nitrogens with one attached hydrogen (secondary N) is 1. The number of nitrogens with zero attached hydrogens (tertiary/aromatic N) is 2. The van der Waals surface area contributed by atoms with Crippen molar-refractivity contribution in [3.8, 4) is 5.75 Å². The third-order valence-electron chi connectivity index (χ3n) is 4.90. The summed E-state index contributed by atoms with van der Waals surface area (Å²) in [6.45, 7) is 2.03. The molecule has 0 unspecified atom stereocenters. The standard InChI is InChI=1S/C21H24ClN3O4/c1-28-18-9-4-3-8-17(18)23-21(27)25-12-10-24(11-13-25)19(20(26)29-2)15-6-5-7-16(22)14-15/h3-9,14,19H,10-13H2,1-2H3,(H,23,27)/t19-/m1/s1. The lowest BCUT2D eigenvalue weighted by Crippen LogP contribution is -2.52. The van der Waals surface area contributed by atoms with E-state index in [1.807, 2.05) is 29.2 Å². The quantitative estimate of drug-likeness (QED) is 0.755. The zero-order valence-corrected chi connectivity index (χ0v) is 17.2. The second-order valence-electron chi connectivity index (χ2n) is 6.63. The Bertz CT molecular complexity index is 869. The van der Waals surface area contributed by atoms with Crippen LogP contribution in [0.3, 0.4) is 0 Å². The van der Waals surface area contributed by atoms with E-state index >= 15 is 0 Å². The lowest BCUT2D eigenvalue weighted by molar-refractivity contribution is -0.148. The summed E-state index contributed by atoms with van der Waals surface area (Å²) in [6.07, 6.45) is 0. The number of halogens is 1. The predicted molar refractivity (Wildman–Crippen MR) is 111 cm³/mol. The molecule has 1 heterocycles. The molecule has 1 aliphatic heterocycles. The number of anilines is 1. The molecule has 1 N–H and O–H groups in total. The average Bonchev–Trinajstić information content (AvgIpc) is 2.74. The van der Waals surface area contributed by atoms with E-state index in [1.54, 1.807) is 36.3 Å². The fourth-order valence-corrected chi connectivity index (χ4v) is 3.61. The van der Waals surface area contributed by atoms with Gasteiger partial charge in [-0.3, -0.25) is 4.90 Å². The van der Waals surface area contributed by atoms with Gasteiger partial charge in [0, 0.05) is 31.2 Å². The van der Waals surface area contributed by atoms with Gasteiger partial charge < -0.3 is 19.7 Å². The molecule has 1 saturated heterocycles. The van der Waals surface area contributed by atoms with Gasteiger partial charge in [0.05, 0.1) is 19.9 Å². The Morgan fingerprint density at radius 3 is 2.41 bits per heavy atom. The maximum atomic E-state index is 12.6. The summed E-state index contributed by atoms with van der Waals surface area (Å²) in [7, 11) is 2.93. The molecule has 0 radical (unpaired) electrons. The first kappa shape index (κ1) is 21.0. The number of hydrogen-bond acceptors (Lipinski definition) is 5. The first-order valence-electron chi connectivity index (χ1n) is 9.29. The van der Waals surface area contributed by atoms with Crippen LogP contribution in [-0.4, -0.2) is 62.2 Å². The van der Waals surface area contributed by atoms with Crippen LogP contribution in [0.1, 0.15) is 11.6 Å². The summed E-state index contributed by atoms with van der Waals surface area (Å²) in [5.41, 5.74) is 1.39. The molecule has 0 bridgehead atoms. The molecule has 7 nitrogen and oxygen atoms in total. The number of carbonyl (C=O) groups excluding carboxylic acids is 2. The maximum absolute atomic E-state index is 12.6. The average molecular weight is 418 g/mol. The molecule has 2 amide bonds. The number of benzene rings is 2. The molecule has 0 aromatic heterocycles. The number of amides is 2. The summed E-state index contributed by atoms with van der Waals surface area (Å²) in [5.74, 6) is 0.255. The summed E-state index contributed by atoms with van der Waals surface area (Å²) in [5, 5.41) is 3.44. The van der Waals surface area contributed by atoms with Gasteiger partial charge in [0.2, 0.25) is 0 Å². The van der Waals surface area contributed by atoms with E-state index in [1.165, 1.54) is 7.11 Å². The van der Waals surface area contributed by atoms with Crippen molar-refractivity contribution in [2.75, 3.05) is 45.7 Å². The minimum absolute atomic E-state index is 0.202. The normalized spacial score (nSPS) is 15.5. The van der Waals surface area contributed by atoms with Gasteiger partial charge in [0.25, 0.3) is 0 Å². The second kappa shape index (κ2) is 9.62. The fourth-order valence-electron chi connectivity index (χ4n) is 3.41. The Morgan fingerprint density at radius 2 is 1.76 bits per heavy atom. The molecule has 0 saturated carbocycles. The molecule has 1 fully saturated rings. The SMILES string of the molecule is COC(=O)[C@@H](c1cccc(Cl)c1)N1CCN(C(=O)Nc2ccccc2OC)CC1. The van der Waals surface area contributed by atoms with Gasteiger partial charge in [-0.15, -0.1) is 0 Å². The highest BCUT2D eigenvalue weighted by Gasteiger charge is 2.32. The highest BCUT2D eigenvalue weighted by Crippen LogP contribution is 2.27. The van der Waals surface area contributed by atoms with Crippen LogP contribution >= 0.6 is 11.6 Å². The largest absolute Gasteiger partial charge is 0.495 e. The van der Waals surface area contributed by atoms with Crippen LogP contribution in [0.25, 0.3) is 0 Å². The molecular formula is C21H24ClN3O4. The van der Waals surface area contributed by atoms with Crippen molar-refractivity contribution in [3.05, 3.63) is 59.1 Å². The van der Waals surface area contributed by atoms with Crippen LogP contribution in [0.15, 0.2) is 48.5 Å². The number of hydrogen-bond donors (Lipinski definition) is 1.